The molecule has 0 spiro atoms. The van der Waals surface area contributed by atoms with Crippen molar-refractivity contribution >= 4 is 15.9 Å². The molecule has 0 atom stereocenters. The van der Waals surface area contributed by atoms with Crippen LogP contribution in [0.25, 0.3) is 0 Å². The molecule has 1 fully saturated rings. The Balaban J connectivity index is 1.70. The highest BCUT2D eigenvalue weighted by molar-refractivity contribution is 9.10. The largest absolute Gasteiger partial charge is 0.493 e. The molecule has 92 valence electrons. The van der Waals surface area contributed by atoms with Crippen molar-refractivity contribution in [3.05, 3.63) is 27.7 Å². The SMILES string of the molecule is OC1CC(NCc2cc(Br)cc3c2OCC3)C1. The van der Waals surface area contributed by atoms with Crippen molar-refractivity contribution in [3.63, 3.8) is 0 Å². The zero-order valence-corrected chi connectivity index (χ0v) is 11.2. The van der Waals surface area contributed by atoms with Gasteiger partial charge in [0.15, 0.2) is 0 Å². The molecule has 1 aromatic rings. The van der Waals surface area contributed by atoms with Crippen LogP contribution in [-0.2, 0) is 13.0 Å². The summed E-state index contributed by atoms with van der Waals surface area (Å²) in [7, 11) is 0. The van der Waals surface area contributed by atoms with Crippen LogP contribution in [0.1, 0.15) is 24.0 Å². The highest BCUT2D eigenvalue weighted by atomic mass is 79.9. The van der Waals surface area contributed by atoms with E-state index in [4.69, 9.17) is 4.74 Å². The quantitative estimate of drug-likeness (QED) is 0.897. The van der Waals surface area contributed by atoms with E-state index in [1.165, 1.54) is 11.1 Å². The molecule has 0 unspecified atom stereocenters. The molecular formula is C13H16BrNO2. The summed E-state index contributed by atoms with van der Waals surface area (Å²) in [6.07, 6.45) is 2.65. The second kappa shape index (κ2) is 4.59. The van der Waals surface area contributed by atoms with E-state index in [9.17, 15) is 5.11 Å². The van der Waals surface area contributed by atoms with Crippen LogP contribution < -0.4 is 10.1 Å². The molecule has 3 nitrogen and oxygen atoms in total. The number of aliphatic hydroxyl groups excluding tert-OH is 1. The lowest BCUT2D eigenvalue weighted by molar-refractivity contribution is 0.0618. The minimum absolute atomic E-state index is 0.100. The summed E-state index contributed by atoms with van der Waals surface area (Å²) in [5, 5.41) is 12.7. The lowest BCUT2D eigenvalue weighted by atomic mass is 9.89. The van der Waals surface area contributed by atoms with Gasteiger partial charge in [0, 0.05) is 29.0 Å². The number of fused-ring (bicyclic) bond motifs is 1. The molecule has 2 N–H and O–H groups in total. The topological polar surface area (TPSA) is 41.5 Å². The van der Waals surface area contributed by atoms with E-state index in [-0.39, 0.29) is 6.10 Å². The first kappa shape index (κ1) is 11.5. The molecule has 0 amide bonds. The van der Waals surface area contributed by atoms with Gasteiger partial charge in [0.2, 0.25) is 0 Å². The van der Waals surface area contributed by atoms with Crippen molar-refractivity contribution in [2.45, 2.75) is 38.0 Å². The fraction of sp³-hybridized carbons (Fsp3) is 0.538. The second-order valence-electron chi connectivity index (χ2n) is 4.85. The molecule has 0 bridgehead atoms. The van der Waals surface area contributed by atoms with E-state index < -0.39 is 0 Å². The van der Waals surface area contributed by atoms with Gasteiger partial charge in [-0.25, -0.2) is 0 Å². The number of hydrogen-bond donors (Lipinski definition) is 2. The number of ether oxygens (including phenoxy) is 1. The molecule has 1 aliphatic heterocycles. The molecule has 1 heterocycles. The zero-order chi connectivity index (χ0) is 11.8. The van der Waals surface area contributed by atoms with Crippen LogP contribution >= 0.6 is 15.9 Å². The first-order valence-corrected chi connectivity index (χ1v) is 6.87. The average Bonchev–Trinajstić information content (AvgIpc) is 2.70. The molecule has 0 saturated heterocycles. The molecule has 0 aromatic heterocycles. The number of rotatable bonds is 3. The Labute approximate surface area is 109 Å². The van der Waals surface area contributed by atoms with E-state index in [2.05, 4.69) is 33.4 Å². The highest BCUT2D eigenvalue weighted by Crippen LogP contribution is 2.33. The van der Waals surface area contributed by atoms with Gasteiger partial charge in [-0.05, 0) is 30.5 Å². The van der Waals surface area contributed by atoms with Crippen LogP contribution in [0.3, 0.4) is 0 Å². The fourth-order valence-electron chi connectivity index (χ4n) is 2.49. The predicted molar refractivity (Wildman–Crippen MR) is 69.2 cm³/mol. The maximum atomic E-state index is 9.24. The maximum Gasteiger partial charge on any atom is 0.127 e. The second-order valence-corrected chi connectivity index (χ2v) is 5.77. The van der Waals surface area contributed by atoms with E-state index >= 15 is 0 Å². The number of hydrogen-bond acceptors (Lipinski definition) is 3. The van der Waals surface area contributed by atoms with Crippen molar-refractivity contribution in [1.82, 2.24) is 5.32 Å². The van der Waals surface area contributed by atoms with Gasteiger partial charge in [-0.15, -0.1) is 0 Å². The smallest absolute Gasteiger partial charge is 0.127 e. The van der Waals surface area contributed by atoms with Crippen molar-refractivity contribution in [3.8, 4) is 5.75 Å². The molecule has 2 aliphatic rings. The fourth-order valence-corrected chi connectivity index (χ4v) is 3.04. The van der Waals surface area contributed by atoms with Crippen LogP contribution in [0.2, 0.25) is 0 Å². The van der Waals surface area contributed by atoms with Crippen LogP contribution in [0.15, 0.2) is 16.6 Å². The molecular weight excluding hydrogens is 282 g/mol. The molecule has 0 radical (unpaired) electrons. The standard InChI is InChI=1S/C13H16BrNO2/c14-10-3-8-1-2-17-13(8)9(4-10)7-15-11-5-12(16)6-11/h3-4,11-12,15-16H,1-2,5-7H2. The van der Waals surface area contributed by atoms with E-state index in [0.29, 0.717) is 6.04 Å². The van der Waals surface area contributed by atoms with Gasteiger partial charge >= 0.3 is 0 Å². The van der Waals surface area contributed by atoms with Crippen LogP contribution in [-0.4, -0.2) is 23.9 Å². The number of aliphatic hydroxyl groups is 1. The Kier molecular flexibility index (Phi) is 3.11. The van der Waals surface area contributed by atoms with Crippen molar-refractivity contribution in [1.29, 1.82) is 0 Å². The van der Waals surface area contributed by atoms with E-state index in [1.807, 2.05) is 0 Å². The average molecular weight is 298 g/mol. The highest BCUT2D eigenvalue weighted by Gasteiger charge is 2.27. The summed E-state index contributed by atoms with van der Waals surface area (Å²) in [4.78, 5) is 0. The van der Waals surface area contributed by atoms with Gasteiger partial charge in [-0.3, -0.25) is 0 Å². The summed E-state index contributed by atoms with van der Waals surface area (Å²) in [6.45, 7) is 1.61. The molecule has 1 aromatic carbocycles. The lowest BCUT2D eigenvalue weighted by Gasteiger charge is -2.32. The Morgan fingerprint density at radius 3 is 3.00 bits per heavy atom. The molecule has 4 heteroatoms. The van der Waals surface area contributed by atoms with Gasteiger partial charge in [0.25, 0.3) is 0 Å². The lowest BCUT2D eigenvalue weighted by Crippen LogP contribution is -2.43. The molecule has 17 heavy (non-hydrogen) atoms. The maximum absolute atomic E-state index is 9.24. The van der Waals surface area contributed by atoms with Crippen molar-refractivity contribution < 1.29 is 9.84 Å². The minimum atomic E-state index is -0.100. The Morgan fingerprint density at radius 1 is 1.41 bits per heavy atom. The van der Waals surface area contributed by atoms with Crippen molar-refractivity contribution in [2.75, 3.05) is 6.61 Å². The number of nitrogens with one attached hydrogen (secondary N) is 1. The Morgan fingerprint density at radius 2 is 2.24 bits per heavy atom. The first-order chi connectivity index (χ1) is 8.22. The van der Waals surface area contributed by atoms with Gasteiger partial charge in [-0.1, -0.05) is 15.9 Å². The Bertz CT molecular complexity index is 430. The number of halogens is 1. The summed E-state index contributed by atoms with van der Waals surface area (Å²) in [5.41, 5.74) is 2.51. The van der Waals surface area contributed by atoms with Gasteiger partial charge in [0.05, 0.1) is 12.7 Å². The third-order valence-corrected chi connectivity index (χ3v) is 3.98. The summed E-state index contributed by atoms with van der Waals surface area (Å²) in [6, 6.07) is 4.71. The molecule has 3 rings (SSSR count). The van der Waals surface area contributed by atoms with Gasteiger partial charge in [0.1, 0.15) is 5.75 Å². The zero-order valence-electron chi connectivity index (χ0n) is 9.58. The summed E-state index contributed by atoms with van der Waals surface area (Å²) >= 11 is 3.54. The normalized spacial score (nSPS) is 26.2. The molecule has 1 aliphatic carbocycles. The molecule has 1 saturated carbocycles. The van der Waals surface area contributed by atoms with Crippen LogP contribution in [0.5, 0.6) is 5.75 Å². The van der Waals surface area contributed by atoms with E-state index in [1.54, 1.807) is 0 Å². The van der Waals surface area contributed by atoms with Crippen LogP contribution in [0, 0.1) is 0 Å². The predicted octanol–water partition coefficient (Wildman–Crippen LogP) is 2.00. The van der Waals surface area contributed by atoms with Gasteiger partial charge < -0.3 is 15.2 Å². The Hall–Kier alpha value is -0.580. The van der Waals surface area contributed by atoms with Crippen LogP contribution in [0.4, 0.5) is 0 Å². The summed E-state index contributed by atoms with van der Waals surface area (Å²) < 4.78 is 6.80. The monoisotopic (exact) mass is 297 g/mol. The number of benzene rings is 1. The van der Waals surface area contributed by atoms with E-state index in [0.717, 1.165) is 42.6 Å². The minimum Gasteiger partial charge on any atom is -0.493 e. The van der Waals surface area contributed by atoms with Crippen molar-refractivity contribution in [2.24, 2.45) is 0 Å². The summed E-state index contributed by atoms with van der Waals surface area (Å²) in [5.74, 6) is 1.06. The van der Waals surface area contributed by atoms with Gasteiger partial charge in [-0.2, -0.15) is 0 Å². The third-order valence-electron chi connectivity index (χ3n) is 3.52. The first-order valence-electron chi connectivity index (χ1n) is 6.08. The third kappa shape index (κ3) is 2.34.